The van der Waals surface area contributed by atoms with Gasteiger partial charge in [0.1, 0.15) is 0 Å². The van der Waals surface area contributed by atoms with E-state index in [4.69, 9.17) is 4.74 Å². The zero-order valence-electron chi connectivity index (χ0n) is 8.10. The van der Waals surface area contributed by atoms with Crippen molar-refractivity contribution < 1.29 is 4.74 Å². The second-order valence-electron chi connectivity index (χ2n) is 4.36. The van der Waals surface area contributed by atoms with Crippen molar-refractivity contribution in [1.29, 1.82) is 0 Å². The molecule has 2 unspecified atom stereocenters. The Hall–Kier alpha value is -0.0800. The van der Waals surface area contributed by atoms with E-state index in [2.05, 4.69) is 19.2 Å². The third-order valence-corrected chi connectivity index (χ3v) is 3.28. The second kappa shape index (κ2) is 3.00. The Kier molecular flexibility index (Phi) is 2.13. The van der Waals surface area contributed by atoms with E-state index in [1.54, 1.807) is 0 Å². The van der Waals surface area contributed by atoms with Gasteiger partial charge in [0.25, 0.3) is 0 Å². The maximum Gasteiger partial charge on any atom is 0.0813 e. The highest BCUT2D eigenvalue weighted by Gasteiger charge is 2.48. The van der Waals surface area contributed by atoms with Gasteiger partial charge in [-0.25, -0.2) is 0 Å². The average molecular weight is 169 g/mol. The number of nitrogens with one attached hydrogen (secondary N) is 1. The van der Waals surface area contributed by atoms with Crippen molar-refractivity contribution >= 4 is 0 Å². The zero-order valence-corrected chi connectivity index (χ0v) is 8.10. The van der Waals surface area contributed by atoms with Crippen LogP contribution in [0.3, 0.4) is 0 Å². The molecular formula is C10H19NO. The van der Waals surface area contributed by atoms with E-state index in [1.807, 2.05) is 0 Å². The first-order valence-corrected chi connectivity index (χ1v) is 5.14. The maximum atomic E-state index is 6.08. The Morgan fingerprint density at radius 3 is 2.92 bits per heavy atom. The molecule has 2 atom stereocenters. The largest absolute Gasteiger partial charge is 0.369 e. The van der Waals surface area contributed by atoms with Crippen LogP contribution < -0.4 is 5.32 Å². The minimum absolute atomic E-state index is 0.270. The van der Waals surface area contributed by atoms with Crippen molar-refractivity contribution in [2.45, 2.75) is 44.8 Å². The molecule has 12 heavy (non-hydrogen) atoms. The van der Waals surface area contributed by atoms with Gasteiger partial charge in [-0.3, -0.25) is 0 Å². The van der Waals surface area contributed by atoms with E-state index in [0.29, 0.717) is 12.0 Å². The van der Waals surface area contributed by atoms with Crippen molar-refractivity contribution in [2.24, 2.45) is 5.92 Å². The number of ether oxygens (including phenoxy) is 1. The van der Waals surface area contributed by atoms with Gasteiger partial charge < -0.3 is 10.1 Å². The van der Waals surface area contributed by atoms with Crippen molar-refractivity contribution in [3.8, 4) is 0 Å². The zero-order chi connectivity index (χ0) is 8.60. The molecule has 1 aliphatic heterocycles. The molecule has 0 bridgehead atoms. The first-order chi connectivity index (χ1) is 5.76. The van der Waals surface area contributed by atoms with Crippen LogP contribution in [0.25, 0.3) is 0 Å². The van der Waals surface area contributed by atoms with Crippen molar-refractivity contribution in [3.05, 3.63) is 0 Å². The van der Waals surface area contributed by atoms with Crippen LogP contribution in [0.5, 0.6) is 0 Å². The normalized spacial score (nSPS) is 35.0. The molecule has 70 valence electrons. The highest BCUT2D eigenvalue weighted by atomic mass is 16.5. The van der Waals surface area contributed by atoms with Gasteiger partial charge in [-0.1, -0.05) is 20.3 Å². The predicted octanol–water partition coefficient (Wildman–Crippen LogP) is 1.55. The standard InChI is InChI=1S/C10H19NO/c1-3-8(2)9-6-11-7-10(12-9)4-5-10/h8-9,11H,3-7H2,1-2H3. The molecule has 2 rings (SSSR count). The molecule has 0 aromatic rings. The lowest BCUT2D eigenvalue weighted by atomic mass is 10.00. The summed E-state index contributed by atoms with van der Waals surface area (Å²) in [4.78, 5) is 0. The molecule has 2 aliphatic rings. The summed E-state index contributed by atoms with van der Waals surface area (Å²) in [7, 11) is 0. The average Bonchev–Trinajstić information content (AvgIpc) is 2.84. The number of hydrogen-bond acceptors (Lipinski definition) is 2. The van der Waals surface area contributed by atoms with Gasteiger partial charge in [0.05, 0.1) is 11.7 Å². The second-order valence-corrected chi connectivity index (χ2v) is 4.36. The van der Waals surface area contributed by atoms with Gasteiger partial charge in [0.2, 0.25) is 0 Å². The van der Waals surface area contributed by atoms with Crippen LogP contribution in [0.1, 0.15) is 33.1 Å². The number of hydrogen-bond donors (Lipinski definition) is 1. The molecule has 1 N–H and O–H groups in total. The number of morpholine rings is 1. The smallest absolute Gasteiger partial charge is 0.0813 e. The fraction of sp³-hybridized carbons (Fsp3) is 1.00. The number of rotatable bonds is 2. The molecule has 2 fully saturated rings. The molecule has 0 aromatic heterocycles. The summed E-state index contributed by atoms with van der Waals surface area (Å²) in [6.07, 6.45) is 4.23. The molecule has 2 heteroatoms. The summed E-state index contributed by atoms with van der Waals surface area (Å²) >= 11 is 0. The first-order valence-electron chi connectivity index (χ1n) is 5.14. The van der Waals surface area contributed by atoms with E-state index >= 15 is 0 Å². The molecule has 1 aliphatic carbocycles. The van der Waals surface area contributed by atoms with Crippen molar-refractivity contribution in [1.82, 2.24) is 5.32 Å². The van der Waals surface area contributed by atoms with Crippen LogP contribution in [0.2, 0.25) is 0 Å². The highest BCUT2D eigenvalue weighted by molar-refractivity contribution is 5.01. The predicted molar refractivity (Wildman–Crippen MR) is 49.2 cm³/mol. The molecule has 2 nitrogen and oxygen atoms in total. The monoisotopic (exact) mass is 169 g/mol. The van der Waals surface area contributed by atoms with E-state index in [-0.39, 0.29) is 5.60 Å². The lowest BCUT2D eigenvalue weighted by molar-refractivity contribution is -0.0783. The van der Waals surface area contributed by atoms with Gasteiger partial charge in [0.15, 0.2) is 0 Å². The van der Waals surface area contributed by atoms with E-state index in [9.17, 15) is 0 Å². The summed E-state index contributed by atoms with van der Waals surface area (Å²) in [5.74, 6) is 0.704. The van der Waals surface area contributed by atoms with Crippen LogP contribution in [-0.2, 0) is 4.74 Å². The summed E-state index contributed by atoms with van der Waals surface area (Å²) in [5.41, 5.74) is 0.270. The SMILES string of the molecule is CCC(C)C1CNCC2(CC2)O1. The summed E-state index contributed by atoms with van der Waals surface area (Å²) in [6.45, 7) is 6.66. The van der Waals surface area contributed by atoms with E-state index in [1.165, 1.54) is 19.3 Å². The topological polar surface area (TPSA) is 21.3 Å². The molecule has 1 saturated heterocycles. The van der Waals surface area contributed by atoms with Crippen LogP contribution in [-0.4, -0.2) is 24.8 Å². The Morgan fingerprint density at radius 2 is 2.33 bits per heavy atom. The summed E-state index contributed by atoms with van der Waals surface area (Å²) in [5, 5.41) is 3.48. The lowest BCUT2D eigenvalue weighted by Crippen LogP contribution is -2.48. The molecule has 1 saturated carbocycles. The first kappa shape index (κ1) is 8.52. The fourth-order valence-corrected chi connectivity index (χ4v) is 1.86. The molecule has 0 aromatic carbocycles. The molecular weight excluding hydrogens is 150 g/mol. The van der Waals surface area contributed by atoms with Gasteiger partial charge in [0, 0.05) is 13.1 Å². The summed E-state index contributed by atoms with van der Waals surface area (Å²) < 4.78 is 6.08. The van der Waals surface area contributed by atoms with Crippen LogP contribution >= 0.6 is 0 Å². The minimum Gasteiger partial charge on any atom is -0.369 e. The molecule has 0 radical (unpaired) electrons. The van der Waals surface area contributed by atoms with Gasteiger partial charge in [-0.15, -0.1) is 0 Å². The van der Waals surface area contributed by atoms with E-state index < -0.39 is 0 Å². The van der Waals surface area contributed by atoms with Gasteiger partial charge in [-0.05, 0) is 18.8 Å². The minimum atomic E-state index is 0.270. The van der Waals surface area contributed by atoms with Gasteiger partial charge in [-0.2, -0.15) is 0 Å². The Morgan fingerprint density at radius 1 is 1.58 bits per heavy atom. The van der Waals surface area contributed by atoms with Crippen LogP contribution in [0, 0.1) is 5.92 Å². The third-order valence-electron chi connectivity index (χ3n) is 3.28. The third kappa shape index (κ3) is 1.50. The Labute approximate surface area is 74.7 Å². The van der Waals surface area contributed by atoms with Crippen molar-refractivity contribution in [2.75, 3.05) is 13.1 Å². The highest BCUT2D eigenvalue weighted by Crippen LogP contribution is 2.42. The van der Waals surface area contributed by atoms with Crippen LogP contribution in [0.4, 0.5) is 0 Å². The Bertz CT molecular complexity index is 165. The molecule has 1 spiro atoms. The van der Waals surface area contributed by atoms with Crippen LogP contribution in [0.15, 0.2) is 0 Å². The van der Waals surface area contributed by atoms with E-state index in [0.717, 1.165) is 13.1 Å². The Balaban J connectivity index is 1.90. The fourth-order valence-electron chi connectivity index (χ4n) is 1.86. The quantitative estimate of drug-likeness (QED) is 0.677. The van der Waals surface area contributed by atoms with Gasteiger partial charge >= 0.3 is 0 Å². The molecule has 1 heterocycles. The van der Waals surface area contributed by atoms with Crippen molar-refractivity contribution in [3.63, 3.8) is 0 Å². The summed E-state index contributed by atoms with van der Waals surface area (Å²) in [6, 6.07) is 0. The molecule has 0 amide bonds. The maximum absolute atomic E-state index is 6.08. The lowest BCUT2D eigenvalue weighted by Gasteiger charge is -2.34.